The predicted octanol–water partition coefficient (Wildman–Crippen LogP) is 6.60. The first-order valence-electron chi connectivity index (χ1n) is 17.6. The van der Waals surface area contributed by atoms with Gasteiger partial charge in [0.25, 0.3) is 11.5 Å². The maximum Gasteiger partial charge on any atom is 0.283 e. The Labute approximate surface area is 286 Å². The second kappa shape index (κ2) is 13.5. The first-order chi connectivity index (χ1) is 23.4. The van der Waals surface area contributed by atoms with Crippen LogP contribution in [0.25, 0.3) is 28.0 Å². The third kappa shape index (κ3) is 7.41. The van der Waals surface area contributed by atoms with Gasteiger partial charge in [0.15, 0.2) is 0 Å². The molecule has 3 aromatic heterocycles. The van der Waals surface area contributed by atoms with Crippen molar-refractivity contribution >= 4 is 25.0 Å². The third-order valence-corrected chi connectivity index (χ3v) is 11.7. The van der Waals surface area contributed by atoms with Gasteiger partial charge in [-0.3, -0.25) is 14.5 Å². The Kier molecular flexibility index (Phi) is 9.31. The number of benzene rings is 1. The van der Waals surface area contributed by atoms with E-state index in [1.165, 1.54) is 34.3 Å². The number of hydrogen-bond donors (Lipinski definition) is 0. The first kappa shape index (κ1) is 33.7. The number of piperidine rings is 1. The summed E-state index contributed by atoms with van der Waals surface area (Å²) < 4.78 is 37.8. The molecule has 12 heteroatoms. The van der Waals surface area contributed by atoms with Crippen LogP contribution in [0, 0.1) is 11.7 Å². The van der Waals surface area contributed by atoms with Gasteiger partial charge in [0.05, 0.1) is 24.2 Å². The van der Waals surface area contributed by atoms with E-state index in [4.69, 9.17) is 14.7 Å². The third-order valence-electron chi connectivity index (χ3n) is 9.96. The number of rotatable bonds is 11. The van der Waals surface area contributed by atoms with Crippen molar-refractivity contribution < 1.29 is 18.3 Å². The van der Waals surface area contributed by atoms with E-state index in [0.29, 0.717) is 47.0 Å². The SMILES string of the molecule is C[C@H]1CCCN(Cc2cc3ncn(-c4cc(-c5ccc(F)cc5C(=O)N5CC(F)C5)cc(C5CC5)n4)c(=O)c3n2COCC[Si](C)(C)C)C1. The number of carbonyl (C=O) groups excluding carboxylic acids is 1. The van der Waals surface area contributed by atoms with E-state index in [-0.39, 0.29) is 36.9 Å². The molecule has 0 bridgehead atoms. The van der Waals surface area contributed by atoms with Gasteiger partial charge >= 0.3 is 0 Å². The second-order valence-corrected chi connectivity index (χ2v) is 21.1. The summed E-state index contributed by atoms with van der Waals surface area (Å²) in [5.74, 6) is 0.271. The van der Waals surface area contributed by atoms with Crippen LogP contribution in [-0.4, -0.2) is 81.8 Å². The summed E-state index contributed by atoms with van der Waals surface area (Å²) in [6.45, 7) is 12.8. The van der Waals surface area contributed by atoms with Crippen molar-refractivity contribution in [1.29, 1.82) is 0 Å². The number of aromatic nitrogens is 4. The fourth-order valence-electron chi connectivity index (χ4n) is 6.94. The van der Waals surface area contributed by atoms with Crippen LogP contribution in [-0.2, 0) is 18.0 Å². The summed E-state index contributed by atoms with van der Waals surface area (Å²) in [5, 5.41) is 0. The number of carbonyl (C=O) groups is 1. The number of likely N-dealkylation sites (tertiary alicyclic amines) is 2. The van der Waals surface area contributed by atoms with E-state index in [0.717, 1.165) is 49.8 Å². The summed E-state index contributed by atoms with van der Waals surface area (Å²) in [4.78, 5) is 41.4. The standard InChI is InChI=1S/C37H46F2N6O3Si/c1-24-6-5-11-42(18-24)21-29-17-33-35(45(29)23-48-12-13-49(2,3)4)37(47)44(22-40-33)34-15-26(14-32(41-34)25-7-8-25)30-10-9-27(38)16-31(30)36(46)43-19-28(39)20-43/h9-10,14-17,22,24-25,28H,5-8,11-13,18-21,23H2,1-4H3/t24-/m0/s1. The van der Waals surface area contributed by atoms with Gasteiger partial charge in [-0.25, -0.2) is 23.3 Å². The highest BCUT2D eigenvalue weighted by molar-refractivity contribution is 6.76. The van der Waals surface area contributed by atoms with Gasteiger partial charge in [-0.1, -0.05) is 32.6 Å². The van der Waals surface area contributed by atoms with Crippen LogP contribution in [0.5, 0.6) is 0 Å². The molecule has 0 unspecified atom stereocenters. The van der Waals surface area contributed by atoms with E-state index < -0.39 is 26.0 Å². The summed E-state index contributed by atoms with van der Waals surface area (Å²) in [6.07, 6.45) is 4.77. The Morgan fingerprint density at radius 1 is 1.06 bits per heavy atom. The van der Waals surface area contributed by atoms with Crippen LogP contribution in [0.2, 0.25) is 25.7 Å². The summed E-state index contributed by atoms with van der Waals surface area (Å²) >= 11 is 0. The highest BCUT2D eigenvalue weighted by Crippen LogP contribution is 2.41. The Morgan fingerprint density at radius 2 is 1.86 bits per heavy atom. The van der Waals surface area contributed by atoms with E-state index in [9.17, 15) is 18.4 Å². The fraction of sp³-hybridized carbons (Fsp3) is 0.514. The number of alkyl halides is 1. The zero-order valence-electron chi connectivity index (χ0n) is 28.9. The molecule has 9 nitrogen and oxygen atoms in total. The van der Waals surface area contributed by atoms with Gasteiger partial charge in [-0.15, -0.1) is 0 Å². The topological polar surface area (TPSA) is 85.5 Å². The Bertz CT molecular complexity index is 1930. The van der Waals surface area contributed by atoms with Crippen LogP contribution in [0.4, 0.5) is 8.78 Å². The number of nitrogens with zero attached hydrogens (tertiary/aromatic N) is 6. The van der Waals surface area contributed by atoms with Gasteiger partial charge in [0.2, 0.25) is 0 Å². The molecule has 3 aliphatic rings. The minimum absolute atomic E-state index is 0.00887. The molecular formula is C37H46F2N6O3Si. The highest BCUT2D eigenvalue weighted by Gasteiger charge is 2.33. The van der Waals surface area contributed by atoms with Crippen molar-refractivity contribution in [3.8, 4) is 16.9 Å². The summed E-state index contributed by atoms with van der Waals surface area (Å²) in [6, 6.07) is 10.8. The number of ether oxygens (including phenoxy) is 1. The molecule has 2 aliphatic heterocycles. The fourth-order valence-corrected chi connectivity index (χ4v) is 7.70. The number of amides is 1. The molecular weight excluding hydrogens is 643 g/mol. The minimum Gasteiger partial charge on any atom is -0.361 e. The van der Waals surface area contributed by atoms with Gasteiger partial charge < -0.3 is 14.2 Å². The predicted molar refractivity (Wildman–Crippen MR) is 189 cm³/mol. The van der Waals surface area contributed by atoms with Gasteiger partial charge in [0, 0.05) is 45.1 Å². The minimum atomic E-state index is -1.31. The van der Waals surface area contributed by atoms with Gasteiger partial charge in [0.1, 0.15) is 36.4 Å². The zero-order valence-corrected chi connectivity index (χ0v) is 29.9. The summed E-state index contributed by atoms with van der Waals surface area (Å²) in [5.41, 5.74) is 3.94. The monoisotopic (exact) mass is 688 g/mol. The molecule has 4 aromatic rings. The van der Waals surface area contributed by atoms with Crippen LogP contribution < -0.4 is 5.56 Å². The molecule has 0 radical (unpaired) electrons. The highest BCUT2D eigenvalue weighted by atomic mass is 28.3. The van der Waals surface area contributed by atoms with E-state index >= 15 is 0 Å². The molecule has 1 atom stereocenters. The molecule has 1 aliphatic carbocycles. The lowest BCUT2D eigenvalue weighted by molar-refractivity contribution is 0.0400. The average molecular weight is 689 g/mol. The molecule has 1 aromatic carbocycles. The van der Waals surface area contributed by atoms with E-state index in [1.807, 2.05) is 16.7 Å². The molecule has 3 fully saturated rings. The molecule has 2 saturated heterocycles. The average Bonchev–Trinajstić information content (AvgIpc) is 3.83. The number of pyridine rings is 1. The summed E-state index contributed by atoms with van der Waals surface area (Å²) in [7, 11) is -1.31. The molecule has 0 N–H and O–H groups in total. The first-order valence-corrected chi connectivity index (χ1v) is 21.3. The normalized spacial score (nSPS) is 19.1. The maximum atomic E-state index is 14.5. The maximum absolute atomic E-state index is 14.5. The molecule has 49 heavy (non-hydrogen) atoms. The van der Waals surface area contributed by atoms with Crippen molar-refractivity contribution in [2.75, 3.05) is 32.8 Å². The molecule has 260 valence electrons. The van der Waals surface area contributed by atoms with Gasteiger partial charge in [-0.2, -0.15) is 0 Å². The lowest BCUT2D eigenvalue weighted by Crippen LogP contribution is -2.51. The van der Waals surface area contributed by atoms with Crippen molar-refractivity contribution in [3.05, 3.63) is 75.8 Å². The number of fused-ring (bicyclic) bond motifs is 1. The lowest BCUT2D eigenvalue weighted by Gasteiger charge is -2.34. The molecule has 0 spiro atoms. The number of halogens is 2. The van der Waals surface area contributed by atoms with Crippen LogP contribution in [0.3, 0.4) is 0 Å². The molecule has 1 saturated carbocycles. The van der Waals surface area contributed by atoms with Crippen LogP contribution >= 0.6 is 0 Å². The molecule has 7 rings (SSSR count). The largest absolute Gasteiger partial charge is 0.361 e. The molecule has 5 heterocycles. The van der Waals surface area contributed by atoms with Crippen LogP contribution in [0.1, 0.15) is 60.3 Å². The van der Waals surface area contributed by atoms with E-state index in [2.05, 4.69) is 31.5 Å². The van der Waals surface area contributed by atoms with Crippen molar-refractivity contribution in [1.82, 2.24) is 28.9 Å². The molecule has 1 amide bonds. The Morgan fingerprint density at radius 3 is 2.57 bits per heavy atom. The van der Waals surface area contributed by atoms with Crippen molar-refractivity contribution in [3.63, 3.8) is 0 Å². The lowest BCUT2D eigenvalue weighted by atomic mass is 9.97. The quantitative estimate of drug-likeness (QED) is 0.130. The number of hydrogen-bond acceptors (Lipinski definition) is 6. The van der Waals surface area contributed by atoms with E-state index in [1.54, 1.807) is 12.1 Å². The van der Waals surface area contributed by atoms with Crippen LogP contribution in [0.15, 0.2) is 47.5 Å². The van der Waals surface area contributed by atoms with Crippen molar-refractivity contribution in [2.45, 2.75) is 83.7 Å². The zero-order chi connectivity index (χ0) is 34.4. The van der Waals surface area contributed by atoms with Gasteiger partial charge in [-0.05, 0) is 85.6 Å². The second-order valence-electron chi connectivity index (χ2n) is 15.5. The Balaban J connectivity index is 1.30. The Hall–Kier alpha value is -3.74. The van der Waals surface area contributed by atoms with Crippen molar-refractivity contribution in [2.24, 2.45) is 5.92 Å². The smallest absolute Gasteiger partial charge is 0.283 e.